The van der Waals surface area contributed by atoms with Crippen molar-refractivity contribution >= 4 is 29.8 Å². The van der Waals surface area contributed by atoms with Gasteiger partial charge >= 0.3 is 55.8 Å². The molecule has 0 amide bonds. The van der Waals surface area contributed by atoms with Crippen molar-refractivity contribution in [1.29, 1.82) is 0 Å². The molecule has 0 aliphatic rings. The topological polar surface area (TPSA) is 302 Å². The summed E-state index contributed by atoms with van der Waals surface area (Å²) in [6.07, 6.45) is -6.71. The summed E-state index contributed by atoms with van der Waals surface area (Å²) < 4.78 is 0. The van der Waals surface area contributed by atoms with Crippen LogP contribution in [0.4, 0.5) is 0 Å². The number of hydrogen-bond acceptors (Lipinski definition) is 15. The average Bonchev–Trinajstić information content (AvgIpc) is 2.56. The number of hydrogen-bond donors (Lipinski definition) is 5. The van der Waals surface area contributed by atoms with Gasteiger partial charge in [0.1, 0.15) is 0 Å². The zero-order valence-corrected chi connectivity index (χ0v) is 22.7. The van der Waals surface area contributed by atoms with Gasteiger partial charge in [0.25, 0.3) is 0 Å². The van der Waals surface area contributed by atoms with E-state index in [1.807, 2.05) is 0 Å². The fourth-order valence-corrected chi connectivity index (χ4v) is 0. The van der Waals surface area contributed by atoms with Crippen molar-refractivity contribution in [3.8, 4) is 0 Å². The van der Waals surface area contributed by atoms with Gasteiger partial charge in [-0.3, -0.25) is 0 Å². The number of aliphatic hydroxyl groups is 5. The van der Waals surface area contributed by atoms with Gasteiger partial charge in [0, 0.05) is 0 Å². The summed E-state index contributed by atoms with van der Waals surface area (Å²) in [5.74, 6) is -7.18. The predicted octanol–water partition coefficient (Wildman–Crippen LogP) is -12.4. The quantitative estimate of drug-likeness (QED) is 0.195. The van der Waals surface area contributed by atoms with Crippen LogP contribution in [0.25, 0.3) is 0 Å². The van der Waals surface area contributed by atoms with Crippen LogP contribution < -0.4 is 55.1 Å². The van der Waals surface area contributed by atoms with Crippen molar-refractivity contribution in [2.75, 3.05) is 0 Å². The Labute approximate surface area is 224 Å². The third kappa shape index (κ3) is 63.0. The van der Waals surface area contributed by atoms with Crippen molar-refractivity contribution in [1.82, 2.24) is 0 Å². The monoisotopic (exact) mass is 558 g/mol. The Morgan fingerprint density at radius 1 is 0.438 bits per heavy atom. The molecule has 17 heteroatoms. The van der Waals surface area contributed by atoms with E-state index >= 15 is 0 Å². The molecule has 0 radical (unpaired) electrons. The van der Waals surface area contributed by atoms with E-state index in [0.717, 1.165) is 34.6 Å². The standard InChI is InChI=1S/5C3H6O3.Na.Zr/c5*1-2(4)3(5)6;;/h5*2,4H,1H3,(H,5,6);;/q;;;;;+1;+4/p-5/t5*2-;;/m11111../s1. The molecule has 0 bridgehead atoms. The molecule has 180 valence electrons. The summed E-state index contributed by atoms with van der Waals surface area (Å²) in [5, 5.41) is 86.5. The minimum absolute atomic E-state index is 0. The summed E-state index contributed by atoms with van der Waals surface area (Å²) >= 11 is 0. The summed E-state index contributed by atoms with van der Waals surface area (Å²) in [5.41, 5.74) is 0. The predicted molar refractivity (Wildman–Crippen MR) is 83.4 cm³/mol. The molecule has 0 aromatic rings. The maximum Gasteiger partial charge on any atom is 4.00 e. The van der Waals surface area contributed by atoms with Crippen LogP contribution in [0.3, 0.4) is 0 Å². The maximum absolute atomic E-state index is 9.34. The second-order valence-electron chi connectivity index (χ2n) is 4.98. The van der Waals surface area contributed by atoms with E-state index in [9.17, 15) is 49.5 Å². The summed E-state index contributed by atoms with van der Waals surface area (Å²) in [7, 11) is 0. The summed E-state index contributed by atoms with van der Waals surface area (Å²) in [4.78, 5) is 46.7. The van der Waals surface area contributed by atoms with Gasteiger partial charge in [0.05, 0.1) is 60.4 Å². The Balaban J connectivity index is -0.0000000481. The fraction of sp³-hybridized carbons (Fsp3) is 0.667. The first kappa shape index (κ1) is 48.5. The van der Waals surface area contributed by atoms with Crippen LogP contribution in [0.5, 0.6) is 0 Å². The number of aliphatic hydroxyl groups excluding tert-OH is 5. The molecule has 0 spiro atoms. The van der Waals surface area contributed by atoms with E-state index in [2.05, 4.69) is 0 Å². The molecule has 15 nitrogen and oxygen atoms in total. The molecule has 5 N–H and O–H groups in total. The van der Waals surface area contributed by atoms with Crippen LogP contribution in [0, 0.1) is 0 Å². The van der Waals surface area contributed by atoms with Gasteiger partial charge in [-0.05, 0) is 34.6 Å². The van der Waals surface area contributed by atoms with Crippen LogP contribution >= 0.6 is 0 Å². The Bertz CT molecular complexity index is 403. The van der Waals surface area contributed by atoms with Crippen LogP contribution in [0.15, 0.2) is 0 Å². The average molecular weight is 560 g/mol. The van der Waals surface area contributed by atoms with E-state index in [1.54, 1.807) is 0 Å². The molecule has 0 saturated carbocycles. The third-order valence-electron chi connectivity index (χ3n) is 1.71. The largest absolute Gasteiger partial charge is 4.00 e. The molecule has 0 aromatic carbocycles. The Morgan fingerprint density at radius 2 is 0.469 bits per heavy atom. The van der Waals surface area contributed by atoms with Gasteiger partial charge in [0.2, 0.25) is 0 Å². The van der Waals surface area contributed by atoms with Gasteiger partial charge in [-0.2, -0.15) is 0 Å². The second-order valence-corrected chi connectivity index (χ2v) is 4.98. The molecule has 0 unspecified atom stereocenters. The molecule has 0 aliphatic heterocycles. The zero-order valence-electron chi connectivity index (χ0n) is 18.2. The number of aliphatic carboxylic acids is 5. The Morgan fingerprint density at radius 3 is 0.469 bits per heavy atom. The molecule has 5 atom stereocenters. The second kappa shape index (κ2) is 30.0. The molecule has 0 aliphatic carbocycles. The molecule has 0 saturated heterocycles. The van der Waals surface area contributed by atoms with E-state index in [-0.39, 0.29) is 55.8 Å². The van der Waals surface area contributed by atoms with Crippen LogP contribution in [-0.2, 0) is 50.2 Å². The van der Waals surface area contributed by atoms with Crippen LogP contribution in [0.1, 0.15) is 34.6 Å². The van der Waals surface area contributed by atoms with Crippen LogP contribution in [-0.4, -0.2) is 85.9 Å². The Kier molecular flexibility index (Phi) is 45.5. The molecule has 0 heterocycles. The summed E-state index contributed by atoms with van der Waals surface area (Å²) in [6.45, 7) is 5.67. The smallest absolute Gasteiger partial charge is 0.547 e. The first-order chi connectivity index (χ1) is 13.2. The SMILES string of the molecule is C[C@@H](O)C(=O)[O-].C[C@@H](O)C(=O)[O-].C[C@@H](O)C(=O)[O-].C[C@@H](O)C(=O)[O-].C[C@@H](O)C(=O)[O-].[Na+].[Zr+4]. The number of carboxylic acids is 5. The van der Waals surface area contributed by atoms with Crippen molar-refractivity contribution in [2.45, 2.75) is 65.1 Å². The summed E-state index contributed by atoms with van der Waals surface area (Å²) in [6, 6.07) is 0. The minimum Gasteiger partial charge on any atom is -0.547 e. The first-order valence-electron chi connectivity index (χ1n) is 7.66. The van der Waals surface area contributed by atoms with E-state index < -0.39 is 60.4 Å². The molecular formula is C15H25NaO15Zr. The fourth-order valence-electron chi connectivity index (χ4n) is 0. The normalized spacial score (nSPS) is 12.8. The number of carbonyl (C=O) groups is 5. The Hall–Kier alpha value is -0.967. The molecule has 0 rings (SSSR count). The molecule has 0 aromatic heterocycles. The molecule has 32 heavy (non-hydrogen) atoms. The third-order valence-corrected chi connectivity index (χ3v) is 1.71. The van der Waals surface area contributed by atoms with Gasteiger partial charge in [-0.15, -0.1) is 0 Å². The van der Waals surface area contributed by atoms with Crippen molar-refractivity contribution in [2.24, 2.45) is 0 Å². The van der Waals surface area contributed by atoms with Gasteiger partial charge in [-0.1, -0.05) is 0 Å². The first-order valence-corrected chi connectivity index (χ1v) is 7.66. The van der Waals surface area contributed by atoms with Gasteiger partial charge in [0.15, 0.2) is 0 Å². The minimum atomic E-state index is -1.44. The van der Waals surface area contributed by atoms with Gasteiger partial charge in [-0.25, -0.2) is 0 Å². The van der Waals surface area contributed by atoms with Crippen molar-refractivity contribution < 1.29 is 131 Å². The zero-order chi connectivity index (χ0) is 25.8. The maximum atomic E-state index is 9.34. The number of rotatable bonds is 5. The number of carbonyl (C=O) groups excluding carboxylic acids is 5. The van der Waals surface area contributed by atoms with E-state index in [4.69, 9.17) is 25.5 Å². The van der Waals surface area contributed by atoms with E-state index in [0.29, 0.717) is 0 Å². The van der Waals surface area contributed by atoms with Crippen LogP contribution in [0.2, 0.25) is 0 Å². The molecular weight excluding hydrogens is 534 g/mol. The van der Waals surface area contributed by atoms with Crippen molar-refractivity contribution in [3.05, 3.63) is 0 Å². The van der Waals surface area contributed by atoms with E-state index in [1.165, 1.54) is 0 Å². The van der Waals surface area contributed by atoms with Crippen molar-refractivity contribution in [3.63, 3.8) is 0 Å². The number of carboxylic acid groups (broad SMARTS) is 5. The molecule has 0 fully saturated rings. The van der Waals surface area contributed by atoms with Gasteiger partial charge < -0.3 is 75.0 Å².